The summed E-state index contributed by atoms with van der Waals surface area (Å²) in [6, 6.07) is 22.0. The average molecular weight is 430 g/mol. The molecule has 0 saturated carbocycles. The first-order chi connectivity index (χ1) is 13.5. The minimum Gasteiger partial charge on any atom is -0.348 e. The molecule has 3 aromatic rings. The van der Waals surface area contributed by atoms with Gasteiger partial charge in [-0.3, -0.25) is 4.79 Å². The second kappa shape index (κ2) is 9.55. The molecule has 0 radical (unpaired) electrons. The molecule has 0 saturated heterocycles. The van der Waals surface area contributed by atoms with Gasteiger partial charge in [0.25, 0.3) is 5.91 Å². The Morgan fingerprint density at radius 1 is 0.821 bits per heavy atom. The van der Waals surface area contributed by atoms with Gasteiger partial charge in [-0.15, -0.1) is 0 Å². The number of anilines is 2. The molecule has 0 heterocycles. The number of nitrogens with one attached hydrogen (secondary N) is 3. The first-order valence-corrected chi connectivity index (χ1v) is 9.63. The Morgan fingerprint density at radius 3 is 2.25 bits per heavy atom. The van der Waals surface area contributed by atoms with Crippen LogP contribution in [-0.4, -0.2) is 11.0 Å². The number of amides is 1. The highest BCUT2D eigenvalue weighted by Gasteiger charge is 2.07. The summed E-state index contributed by atoms with van der Waals surface area (Å²) in [6.45, 7) is 0.467. The predicted octanol–water partition coefficient (Wildman–Crippen LogP) is 5.73. The minimum absolute atomic E-state index is 0.157. The molecule has 0 aliphatic heterocycles. The van der Waals surface area contributed by atoms with Gasteiger partial charge in [0, 0.05) is 23.5 Å². The van der Waals surface area contributed by atoms with E-state index < -0.39 is 0 Å². The molecule has 0 aliphatic rings. The topological polar surface area (TPSA) is 53.2 Å². The summed E-state index contributed by atoms with van der Waals surface area (Å²) in [5, 5.41) is 10.3. The zero-order chi connectivity index (χ0) is 19.9. The average Bonchev–Trinajstić information content (AvgIpc) is 2.70. The third-order valence-electron chi connectivity index (χ3n) is 3.86. The van der Waals surface area contributed by atoms with Gasteiger partial charge < -0.3 is 16.0 Å². The van der Waals surface area contributed by atoms with E-state index in [1.54, 1.807) is 36.4 Å². The molecule has 3 rings (SSSR count). The summed E-state index contributed by atoms with van der Waals surface area (Å²) >= 11 is 17.2. The molecule has 4 nitrogen and oxygen atoms in total. The molecule has 7 heteroatoms. The van der Waals surface area contributed by atoms with Crippen molar-refractivity contribution in [3.8, 4) is 0 Å². The fourth-order valence-electron chi connectivity index (χ4n) is 2.49. The summed E-state index contributed by atoms with van der Waals surface area (Å²) in [5.74, 6) is -0.157. The highest BCUT2D eigenvalue weighted by Crippen LogP contribution is 2.25. The van der Waals surface area contributed by atoms with Crippen molar-refractivity contribution >= 4 is 57.8 Å². The molecular weight excluding hydrogens is 413 g/mol. The van der Waals surface area contributed by atoms with Crippen molar-refractivity contribution < 1.29 is 4.79 Å². The first kappa shape index (κ1) is 20.1. The van der Waals surface area contributed by atoms with E-state index in [4.69, 9.17) is 35.4 Å². The lowest BCUT2D eigenvalue weighted by molar-refractivity contribution is 0.0951. The monoisotopic (exact) mass is 429 g/mol. The Balaban J connectivity index is 1.59. The molecule has 0 aromatic heterocycles. The van der Waals surface area contributed by atoms with Crippen LogP contribution in [0.5, 0.6) is 0 Å². The second-order valence-electron chi connectivity index (χ2n) is 5.96. The van der Waals surface area contributed by atoms with E-state index in [0.717, 1.165) is 5.56 Å². The predicted molar refractivity (Wildman–Crippen MR) is 120 cm³/mol. The third kappa shape index (κ3) is 5.70. The maximum atomic E-state index is 12.4. The lowest BCUT2D eigenvalue weighted by Gasteiger charge is -2.12. The molecular formula is C21H17Cl2N3OS. The number of thiocarbonyl (C=S) groups is 1. The number of benzene rings is 3. The van der Waals surface area contributed by atoms with Crippen molar-refractivity contribution in [1.82, 2.24) is 5.32 Å². The van der Waals surface area contributed by atoms with E-state index in [-0.39, 0.29) is 5.91 Å². The lowest BCUT2D eigenvalue weighted by atomic mass is 10.1. The summed E-state index contributed by atoms with van der Waals surface area (Å²) < 4.78 is 0. The van der Waals surface area contributed by atoms with Crippen molar-refractivity contribution in [3.05, 3.63) is 94.0 Å². The molecule has 1 amide bonds. The summed E-state index contributed by atoms with van der Waals surface area (Å²) in [4.78, 5) is 12.4. The molecule has 0 bridgehead atoms. The second-order valence-corrected chi connectivity index (χ2v) is 7.18. The van der Waals surface area contributed by atoms with Crippen LogP contribution in [0.15, 0.2) is 72.8 Å². The van der Waals surface area contributed by atoms with Gasteiger partial charge in [-0.2, -0.15) is 0 Å². The quantitative estimate of drug-likeness (QED) is 0.453. The molecule has 3 N–H and O–H groups in total. The SMILES string of the molecule is O=C(NCc1ccccc1)c1cccc(NC(=S)Nc2ccc(Cl)c(Cl)c2)c1. The van der Waals surface area contributed by atoms with Crippen molar-refractivity contribution in [1.29, 1.82) is 0 Å². The Kier molecular flexibility index (Phi) is 6.87. The van der Waals surface area contributed by atoms with E-state index in [1.165, 1.54) is 0 Å². The van der Waals surface area contributed by atoms with E-state index in [1.807, 2.05) is 36.4 Å². The number of halogens is 2. The highest BCUT2D eigenvalue weighted by atomic mass is 35.5. The number of carbonyl (C=O) groups is 1. The van der Waals surface area contributed by atoms with Gasteiger partial charge in [-0.25, -0.2) is 0 Å². The lowest BCUT2D eigenvalue weighted by Crippen LogP contribution is -2.23. The van der Waals surface area contributed by atoms with Crippen LogP contribution in [0.3, 0.4) is 0 Å². The zero-order valence-corrected chi connectivity index (χ0v) is 17.0. The van der Waals surface area contributed by atoms with Crippen molar-refractivity contribution in [2.45, 2.75) is 6.54 Å². The minimum atomic E-state index is -0.157. The molecule has 0 spiro atoms. The Bertz CT molecular complexity index is 996. The zero-order valence-electron chi connectivity index (χ0n) is 14.7. The summed E-state index contributed by atoms with van der Waals surface area (Å²) in [5.41, 5.74) is 2.99. The van der Waals surface area contributed by atoms with Crippen LogP contribution in [0, 0.1) is 0 Å². The fourth-order valence-corrected chi connectivity index (χ4v) is 3.02. The van der Waals surface area contributed by atoms with E-state index in [2.05, 4.69) is 16.0 Å². The van der Waals surface area contributed by atoms with E-state index in [0.29, 0.717) is 38.6 Å². The Hall–Kier alpha value is -2.60. The largest absolute Gasteiger partial charge is 0.348 e. The molecule has 0 atom stereocenters. The van der Waals surface area contributed by atoms with Gasteiger partial charge in [0.1, 0.15) is 0 Å². The number of hydrogen-bond acceptors (Lipinski definition) is 2. The van der Waals surface area contributed by atoms with Gasteiger partial charge in [-0.05, 0) is 54.2 Å². The Morgan fingerprint density at radius 2 is 1.54 bits per heavy atom. The Labute approximate surface area is 178 Å². The van der Waals surface area contributed by atoms with Crippen molar-refractivity contribution in [3.63, 3.8) is 0 Å². The molecule has 142 valence electrons. The molecule has 0 unspecified atom stereocenters. The molecule has 0 fully saturated rings. The standard InChI is InChI=1S/C21H17Cl2N3OS/c22-18-10-9-17(12-19(18)23)26-21(28)25-16-8-4-7-15(11-16)20(27)24-13-14-5-2-1-3-6-14/h1-12H,13H2,(H,24,27)(H2,25,26,28). The van der Waals surface area contributed by atoms with E-state index >= 15 is 0 Å². The molecule has 0 aliphatic carbocycles. The van der Waals surface area contributed by atoms with Crippen LogP contribution < -0.4 is 16.0 Å². The number of hydrogen-bond donors (Lipinski definition) is 3. The van der Waals surface area contributed by atoms with Gasteiger partial charge in [-0.1, -0.05) is 59.6 Å². The normalized spacial score (nSPS) is 10.2. The fraction of sp³-hybridized carbons (Fsp3) is 0.0476. The van der Waals surface area contributed by atoms with Crippen LogP contribution in [0.25, 0.3) is 0 Å². The van der Waals surface area contributed by atoms with Gasteiger partial charge in [0.05, 0.1) is 10.0 Å². The smallest absolute Gasteiger partial charge is 0.251 e. The maximum absolute atomic E-state index is 12.4. The van der Waals surface area contributed by atoms with Gasteiger partial charge in [0.15, 0.2) is 5.11 Å². The van der Waals surface area contributed by atoms with E-state index in [9.17, 15) is 4.79 Å². The van der Waals surface area contributed by atoms with Gasteiger partial charge >= 0.3 is 0 Å². The van der Waals surface area contributed by atoms with Gasteiger partial charge in [0.2, 0.25) is 0 Å². The number of rotatable bonds is 5. The maximum Gasteiger partial charge on any atom is 0.251 e. The van der Waals surface area contributed by atoms with Crippen molar-refractivity contribution in [2.75, 3.05) is 10.6 Å². The van der Waals surface area contributed by atoms with Crippen LogP contribution >= 0.6 is 35.4 Å². The van der Waals surface area contributed by atoms with Crippen LogP contribution in [0.2, 0.25) is 10.0 Å². The number of carbonyl (C=O) groups excluding carboxylic acids is 1. The molecule has 3 aromatic carbocycles. The first-order valence-electron chi connectivity index (χ1n) is 8.46. The summed E-state index contributed by atoms with van der Waals surface area (Å²) in [6.07, 6.45) is 0. The van der Waals surface area contributed by atoms with Crippen LogP contribution in [-0.2, 0) is 6.54 Å². The summed E-state index contributed by atoms with van der Waals surface area (Å²) in [7, 11) is 0. The third-order valence-corrected chi connectivity index (χ3v) is 4.80. The van der Waals surface area contributed by atoms with Crippen molar-refractivity contribution in [2.24, 2.45) is 0 Å². The van der Waals surface area contributed by atoms with Crippen LogP contribution in [0.4, 0.5) is 11.4 Å². The highest BCUT2D eigenvalue weighted by molar-refractivity contribution is 7.80. The molecule has 28 heavy (non-hydrogen) atoms. The van der Waals surface area contributed by atoms with Crippen LogP contribution in [0.1, 0.15) is 15.9 Å².